The van der Waals surface area contributed by atoms with E-state index in [0.29, 0.717) is 50.4 Å². The van der Waals surface area contributed by atoms with E-state index in [2.05, 4.69) is 57.3 Å². The van der Waals surface area contributed by atoms with E-state index in [1.165, 1.54) is 0 Å². The van der Waals surface area contributed by atoms with Crippen LogP contribution in [0.25, 0.3) is 0 Å². The molecule has 4 nitrogen and oxygen atoms in total. The molecule has 0 heterocycles. The molecule has 0 spiro atoms. The quantitative estimate of drug-likeness (QED) is 0.372. The molecule has 0 saturated heterocycles. The summed E-state index contributed by atoms with van der Waals surface area (Å²) in [6.45, 7) is 12.2. The van der Waals surface area contributed by atoms with E-state index in [-0.39, 0.29) is 5.41 Å². The van der Waals surface area contributed by atoms with Crippen LogP contribution in [-0.4, -0.2) is 49.2 Å². The van der Waals surface area contributed by atoms with Gasteiger partial charge < -0.3 is 18.3 Å². The molecule has 0 unspecified atom stereocenters. The number of ether oxygens (including phenoxy) is 2. The number of rotatable bonds is 12. The highest BCUT2D eigenvalue weighted by Crippen LogP contribution is 2.34. The first-order chi connectivity index (χ1) is 12.8. The summed E-state index contributed by atoms with van der Waals surface area (Å²) in [5.41, 5.74) is 0.323. The Morgan fingerprint density at radius 3 is 1.78 bits per heavy atom. The number of hydrogen-bond acceptors (Lipinski definition) is 4. The SMILES string of the molecule is C#CCC(CC#CCO[Si](OCC#CC)(C(C)C)C(C)C)(COC)COC. The monoisotopic (exact) mass is 392 g/mol. The Balaban J connectivity index is 5.10. The van der Waals surface area contributed by atoms with Crippen molar-refractivity contribution in [3.8, 4) is 36.0 Å². The lowest BCUT2D eigenvalue weighted by Gasteiger charge is -2.36. The van der Waals surface area contributed by atoms with E-state index < -0.39 is 8.56 Å². The van der Waals surface area contributed by atoms with Crippen molar-refractivity contribution in [3.05, 3.63) is 0 Å². The predicted octanol–water partition coefficient (Wildman–Crippen LogP) is 4.00. The van der Waals surface area contributed by atoms with Gasteiger partial charge >= 0.3 is 8.56 Å². The third kappa shape index (κ3) is 8.52. The molecule has 0 fully saturated rings. The Labute approximate surface area is 167 Å². The Morgan fingerprint density at radius 2 is 1.37 bits per heavy atom. The Hall–Kier alpha value is -1.26. The summed E-state index contributed by atoms with van der Waals surface area (Å²) < 4.78 is 23.1. The number of methoxy groups -OCH3 is 2. The number of terminal acetylenes is 1. The molecular formula is C22H36O4Si. The molecule has 0 aliphatic heterocycles. The third-order valence-corrected chi connectivity index (χ3v) is 8.90. The molecule has 0 aliphatic rings. The van der Waals surface area contributed by atoms with Crippen LogP contribution in [0.2, 0.25) is 11.1 Å². The Morgan fingerprint density at radius 1 is 0.852 bits per heavy atom. The standard InChI is InChI=1S/C22H36O4Si/c1-9-11-16-25-27(20(3)4,21(5)6)26-17-13-12-15-22(14-10-2,18-23-7)19-24-8/h2,20-21H,14-19H2,1,3-8H3. The van der Waals surface area contributed by atoms with Gasteiger partial charge in [0, 0.05) is 32.5 Å². The van der Waals surface area contributed by atoms with Gasteiger partial charge in [-0.05, 0) is 18.0 Å². The van der Waals surface area contributed by atoms with Crippen LogP contribution in [0.5, 0.6) is 0 Å². The van der Waals surface area contributed by atoms with Crippen LogP contribution in [0.3, 0.4) is 0 Å². The first-order valence-electron chi connectivity index (χ1n) is 9.38. The van der Waals surface area contributed by atoms with Gasteiger partial charge in [0.05, 0.1) is 26.4 Å². The van der Waals surface area contributed by atoms with Gasteiger partial charge in [-0.15, -0.1) is 24.2 Å². The maximum atomic E-state index is 6.27. The molecule has 0 bridgehead atoms. The fourth-order valence-electron chi connectivity index (χ4n) is 3.18. The molecule has 0 saturated carbocycles. The zero-order valence-electron chi connectivity index (χ0n) is 18.1. The normalized spacial score (nSPS) is 11.6. The summed E-state index contributed by atoms with van der Waals surface area (Å²) in [4.78, 5) is 0. The summed E-state index contributed by atoms with van der Waals surface area (Å²) in [5.74, 6) is 14.9. The molecule has 152 valence electrons. The van der Waals surface area contributed by atoms with Crippen LogP contribution in [0.15, 0.2) is 0 Å². The van der Waals surface area contributed by atoms with Crippen LogP contribution < -0.4 is 0 Å². The van der Waals surface area contributed by atoms with Crippen LogP contribution >= 0.6 is 0 Å². The van der Waals surface area contributed by atoms with Crippen LogP contribution in [0.1, 0.15) is 47.5 Å². The average Bonchev–Trinajstić information content (AvgIpc) is 2.60. The van der Waals surface area contributed by atoms with E-state index in [0.717, 1.165) is 0 Å². The Kier molecular flexibility index (Phi) is 13.2. The summed E-state index contributed by atoms with van der Waals surface area (Å²) in [6, 6.07) is 0. The van der Waals surface area contributed by atoms with Crippen molar-refractivity contribution in [2.75, 3.05) is 40.6 Å². The van der Waals surface area contributed by atoms with Gasteiger partial charge in [0.1, 0.15) is 0 Å². The van der Waals surface area contributed by atoms with Crippen molar-refractivity contribution in [3.63, 3.8) is 0 Å². The molecule has 0 rings (SSSR count). The maximum absolute atomic E-state index is 6.27. The topological polar surface area (TPSA) is 36.9 Å². The van der Waals surface area contributed by atoms with Crippen LogP contribution in [-0.2, 0) is 18.3 Å². The second-order valence-corrected chi connectivity index (χ2v) is 11.6. The van der Waals surface area contributed by atoms with Crippen molar-refractivity contribution in [1.82, 2.24) is 0 Å². The highest BCUT2D eigenvalue weighted by atomic mass is 28.4. The van der Waals surface area contributed by atoms with Crippen molar-refractivity contribution < 1.29 is 18.3 Å². The lowest BCUT2D eigenvalue weighted by Crippen LogP contribution is -2.48. The molecule has 0 aromatic rings. The molecule has 0 aromatic heterocycles. The summed E-state index contributed by atoms with van der Waals surface area (Å²) in [6.07, 6.45) is 6.69. The van der Waals surface area contributed by atoms with Gasteiger partial charge in [-0.25, -0.2) is 0 Å². The summed E-state index contributed by atoms with van der Waals surface area (Å²) in [5, 5.41) is 0. The van der Waals surface area contributed by atoms with Crippen molar-refractivity contribution in [2.24, 2.45) is 5.41 Å². The molecule has 0 N–H and O–H groups in total. The van der Waals surface area contributed by atoms with E-state index in [1.807, 2.05) is 6.92 Å². The smallest absolute Gasteiger partial charge is 0.344 e. The highest BCUT2D eigenvalue weighted by molar-refractivity contribution is 6.70. The fraction of sp³-hybridized carbons (Fsp3) is 0.727. The first-order valence-corrected chi connectivity index (χ1v) is 11.4. The second-order valence-electron chi connectivity index (χ2n) is 7.31. The molecular weight excluding hydrogens is 356 g/mol. The number of hydrogen-bond donors (Lipinski definition) is 0. The Bertz CT molecular complexity index is 555. The highest BCUT2D eigenvalue weighted by Gasteiger charge is 2.44. The molecule has 5 heteroatoms. The van der Waals surface area contributed by atoms with Crippen molar-refractivity contribution in [2.45, 2.75) is 58.5 Å². The summed E-state index contributed by atoms with van der Waals surface area (Å²) in [7, 11) is 0.916. The van der Waals surface area contributed by atoms with E-state index >= 15 is 0 Å². The third-order valence-electron chi connectivity index (χ3n) is 4.49. The largest absolute Gasteiger partial charge is 0.384 e. The molecule has 27 heavy (non-hydrogen) atoms. The van der Waals surface area contributed by atoms with Gasteiger partial charge in [-0.1, -0.05) is 39.5 Å². The van der Waals surface area contributed by atoms with Gasteiger partial charge in [0.2, 0.25) is 0 Å². The molecule has 0 amide bonds. The van der Waals surface area contributed by atoms with Crippen molar-refractivity contribution >= 4 is 8.56 Å². The first kappa shape index (κ1) is 25.7. The van der Waals surface area contributed by atoms with E-state index in [1.54, 1.807) is 14.2 Å². The maximum Gasteiger partial charge on any atom is 0.344 e. The molecule has 0 aromatic carbocycles. The molecule has 0 aliphatic carbocycles. The van der Waals surface area contributed by atoms with Gasteiger partial charge in [-0.2, -0.15) is 0 Å². The average molecular weight is 393 g/mol. The minimum atomic E-state index is -2.42. The zero-order valence-corrected chi connectivity index (χ0v) is 19.1. The second kappa shape index (κ2) is 13.8. The predicted molar refractivity (Wildman–Crippen MR) is 113 cm³/mol. The zero-order chi connectivity index (χ0) is 20.8. The molecule has 0 radical (unpaired) electrons. The summed E-state index contributed by atoms with van der Waals surface area (Å²) >= 11 is 0. The van der Waals surface area contributed by atoms with Gasteiger partial charge in [-0.3, -0.25) is 0 Å². The van der Waals surface area contributed by atoms with Gasteiger partial charge in [0.25, 0.3) is 0 Å². The minimum Gasteiger partial charge on any atom is -0.384 e. The van der Waals surface area contributed by atoms with Crippen LogP contribution in [0.4, 0.5) is 0 Å². The van der Waals surface area contributed by atoms with E-state index in [4.69, 9.17) is 24.7 Å². The molecule has 0 atom stereocenters. The minimum absolute atomic E-state index is 0.289. The van der Waals surface area contributed by atoms with E-state index in [9.17, 15) is 0 Å². The fourth-order valence-corrected chi connectivity index (χ4v) is 6.53. The van der Waals surface area contributed by atoms with Gasteiger partial charge in [0.15, 0.2) is 0 Å². The lowest BCUT2D eigenvalue weighted by atomic mass is 9.83. The van der Waals surface area contributed by atoms with Crippen LogP contribution in [0, 0.1) is 41.4 Å². The lowest BCUT2D eigenvalue weighted by molar-refractivity contribution is 0.0164. The van der Waals surface area contributed by atoms with Crippen molar-refractivity contribution in [1.29, 1.82) is 0 Å².